The Bertz CT molecular complexity index is 1060. The maximum atomic E-state index is 12.9. The van der Waals surface area contributed by atoms with Gasteiger partial charge in [-0.2, -0.15) is 5.26 Å². The van der Waals surface area contributed by atoms with Crippen molar-refractivity contribution in [3.63, 3.8) is 0 Å². The van der Waals surface area contributed by atoms with Gasteiger partial charge in [-0.3, -0.25) is 14.5 Å². The number of amides is 2. The highest BCUT2D eigenvalue weighted by atomic mass is 16.3. The van der Waals surface area contributed by atoms with Gasteiger partial charge < -0.3 is 15.0 Å². The van der Waals surface area contributed by atoms with Crippen LogP contribution in [0.5, 0.6) is 5.75 Å². The van der Waals surface area contributed by atoms with E-state index in [1.807, 2.05) is 24.3 Å². The van der Waals surface area contributed by atoms with Gasteiger partial charge in [0.1, 0.15) is 17.5 Å². The number of nitriles is 1. The molecule has 7 heteroatoms. The van der Waals surface area contributed by atoms with Crippen LogP contribution in [0.2, 0.25) is 0 Å². The number of phenols is 1. The first-order valence-corrected chi connectivity index (χ1v) is 8.71. The Balaban J connectivity index is 1.88. The number of aryl methyl sites for hydroxylation is 1. The molecule has 3 rings (SSSR count). The molecule has 2 aromatic carbocycles. The Morgan fingerprint density at radius 3 is 2.54 bits per heavy atom. The van der Waals surface area contributed by atoms with Crippen molar-refractivity contribution < 1.29 is 14.7 Å². The van der Waals surface area contributed by atoms with Crippen molar-refractivity contribution >= 4 is 22.7 Å². The van der Waals surface area contributed by atoms with Crippen molar-refractivity contribution in [1.82, 2.24) is 14.8 Å². The Morgan fingerprint density at radius 1 is 1.21 bits per heavy atom. The molecule has 7 nitrogen and oxygen atoms in total. The zero-order chi connectivity index (χ0) is 20.3. The number of phenolic OH excluding ortho intramolecular Hbond substituents is 1. The number of hydrogen-bond acceptors (Lipinski definition) is 4. The molecular weight excluding hydrogens is 356 g/mol. The van der Waals surface area contributed by atoms with Crippen molar-refractivity contribution in [3.05, 3.63) is 65.9 Å². The van der Waals surface area contributed by atoms with E-state index in [4.69, 9.17) is 5.26 Å². The molecule has 0 spiro atoms. The van der Waals surface area contributed by atoms with Crippen LogP contribution in [-0.4, -0.2) is 39.5 Å². The Kier molecular flexibility index (Phi) is 5.32. The number of likely N-dealkylation sites (N-methyl/N-ethyl adjacent to an activating group) is 1. The number of rotatable bonds is 5. The molecule has 28 heavy (non-hydrogen) atoms. The summed E-state index contributed by atoms with van der Waals surface area (Å²) in [5.41, 5.74) is 2.08. The van der Waals surface area contributed by atoms with E-state index < -0.39 is 17.9 Å². The van der Waals surface area contributed by atoms with E-state index in [2.05, 4.69) is 5.32 Å². The third-order valence-electron chi connectivity index (χ3n) is 4.64. The van der Waals surface area contributed by atoms with Crippen LogP contribution in [0.1, 0.15) is 16.1 Å². The van der Waals surface area contributed by atoms with Crippen molar-refractivity contribution in [2.45, 2.75) is 12.5 Å². The summed E-state index contributed by atoms with van der Waals surface area (Å²) < 4.78 is 1.76. The zero-order valence-electron chi connectivity index (χ0n) is 15.6. The summed E-state index contributed by atoms with van der Waals surface area (Å²) in [6.07, 6.45) is 1.97. The predicted octanol–water partition coefficient (Wildman–Crippen LogP) is 2.16. The molecule has 1 aromatic heterocycles. The number of aromatic nitrogens is 1. The molecule has 0 saturated carbocycles. The van der Waals surface area contributed by atoms with Crippen LogP contribution in [0.25, 0.3) is 10.9 Å². The molecule has 0 aliphatic carbocycles. The second-order valence-corrected chi connectivity index (χ2v) is 6.54. The summed E-state index contributed by atoms with van der Waals surface area (Å²) in [5.74, 6) is -0.801. The second kappa shape index (κ2) is 7.84. The first-order valence-electron chi connectivity index (χ1n) is 8.71. The minimum atomic E-state index is -0.917. The van der Waals surface area contributed by atoms with E-state index in [9.17, 15) is 14.7 Å². The number of nitrogens with one attached hydrogen (secondary N) is 1. The molecule has 0 aliphatic rings. The Labute approximate surface area is 162 Å². The number of hydrogen-bond donors (Lipinski definition) is 2. The number of para-hydroxylation sites is 1. The number of carbonyl (C=O) groups excluding carboxylic acids is 2. The lowest BCUT2D eigenvalue weighted by molar-refractivity contribution is -0.129. The minimum absolute atomic E-state index is 0.111. The largest absolute Gasteiger partial charge is 0.508 e. The summed E-state index contributed by atoms with van der Waals surface area (Å²) in [4.78, 5) is 26.4. The van der Waals surface area contributed by atoms with E-state index in [1.54, 1.807) is 36.0 Å². The van der Waals surface area contributed by atoms with E-state index in [0.29, 0.717) is 5.69 Å². The monoisotopic (exact) mass is 376 g/mol. The van der Waals surface area contributed by atoms with E-state index in [1.165, 1.54) is 19.2 Å². The molecule has 1 atom stereocenters. The quantitative estimate of drug-likeness (QED) is 0.527. The Hall–Kier alpha value is -3.79. The highest BCUT2D eigenvalue weighted by Gasteiger charge is 2.26. The number of benzene rings is 2. The maximum absolute atomic E-state index is 12.9. The highest BCUT2D eigenvalue weighted by Crippen LogP contribution is 2.19. The molecule has 0 saturated heterocycles. The van der Waals surface area contributed by atoms with Gasteiger partial charge in [-0.25, -0.2) is 0 Å². The molecule has 1 unspecified atom stereocenters. The summed E-state index contributed by atoms with van der Waals surface area (Å²) in [7, 11) is 3.14. The molecule has 2 amide bonds. The molecular formula is C21H20N4O3. The third-order valence-corrected chi connectivity index (χ3v) is 4.64. The molecule has 0 aliphatic heterocycles. The maximum Gasteiger partial charge on any atom is 0.268 e. The number of carbonyl (C=O) groups is 2. The van der Waals surface area contributed by atoms with Gasteiger partial charge in [0.25, 0.3) is 11.8 Å². The molecule has 0 radical (unpaired) electrons. The fourth-order valence-corrected chi connectivity index (χ4v) is 3.09. The smallest absolute Gasteiger partial charge is 0.268 e. The van der Waals surface area contributed by atoms with Crippen molar-refractivity contribution in [3.8, 4) is 11.9 Å². The zero-order valence-corrected chi connectivity index (χ0v) is 15.6. The molecule has 2 N–H and O–H groups in total. The topological polar surface area (TPSA) is 98.4 Å². The standard InChI is InChI=1S/C21H20N4O3/c1-24(13-22)21(28)17(11-14-7-9-16(26)10-8-14)23-20(27)19-12-15-5-3-4-6-18(15)25(19)2/h3-10,12,17,26H,11H2,1-2H3,(H,23,27). The average Bonchev–Trinajstić information content (AvgIpc) is 3.05. The predicted molar refractivity (Wildman–Crippen MR) is 104 cm³/mol. The van der Waals surface area contributed by atoms with Crippen LogP contribution in [0.3, 0.4) is 0 Å². The van der Waals surface area contributed by atoms with E-state index >= 15 is 0 Å². The van der Waals surface area contributed by atoms with Crippen molar-refractivity contribution in [2.24, 2.45) is 7.05 Å². The first kappa shape index (κ1) is 19.0. The number of nitrogens with zero attached hydrogens (tertiary/aromatic N) is 3. The third kappa shape index (κ3) is 3.81. The van der Waals surface area contributed by atoms with E-state index in [-0.39, 0.29) is 12.2 Å². The van der Waals surface area contributed by atoms with Crippen LogP contribution < -0.4 is 5.32 Å². The van der Waals surface area contributed by atoms with Crippen LogP contribution in [0.4, 0.5) is 0 Å². The lowest BCUT2D eigenvalue weighted by Gasteiger charge is -2.20. The normalized spacial score (nSPS) is 11.6. The fraction of sp³-hybridized carbons (Fsp3) is 0.190. The van der Waals surface area contributed by atoms with Gasteiger partial charge in [0.2, 0.25) is 0 Å². The number of aromatic hydroxyl groups is 1. The molecule has 0 fully saturated rings. The second-order valence-electron chi connectivity index (χ2n) is 6.54. The lowest BCUT2D eigenvalue weighted by atomic mass is 10.0. The number of fused-ring (bicyclic) bond motifs is 1. The average molecular weight is 376 g/mol. The van der Waals surface area contributed by atoms with Gasteiger partial charge in [0.15, 0.2) is 6.19 Å². The van der Waals surface area contributed by atoms with Crippen molar-refractivity contribution in [1.29, 1.82) is 5.26 Å². The van der Waals surface area contributed by atoms with Crippen LogP contribution in [0.15, 0.2) is 54.6 Å². The van der Waals surface area contributed by atoms with Crippen LogP contribution >= 0.6 is 0 Å². The highest BCUT2D eigenvalue weighted by molar-refractivity contribution is 6.00. The Morgan fingerprint density at radius 2 is 1.89 bits per heavy atom. The summed E-state index contributed by atoms with van der Waals surface area (Å²) >= 11 is 0. The fourth-order valence-electron chi connectivity index (χ4n) is 3.09. The van der Waals surface area contributed by atoms with Gasteiger partial charge in [0.05, 0.1) is 0 Å². The lowest BCUT2D eigenvalue weighted by Crippen LogP contribution is -2.47. The van der Waals surface area contributed by atoms with Crippen molar-refractivity contribution in [2.75, 3.05) is 7.05 Å². The summed E-state index contributed by atoms with van der Waals surface area (Å²) in [6.45, 7) is 0. The summed E-state index contributed by atoms with van der Waals surface area (Å²) in [5, 5.41) is 22.2. The van der Waals surface area contributed by atoms with Gasteiger partial charge in [0, 0.05) is 31.4 Å². The molecule has 142 valence electrons. The van der Waals surface area contributed by atoms with Crippen LogP contribution in [-0.2, 0) is 18.3 Å². The SMILES string of the molecule is CN(C#N)C(=O)C(Cc1ccc(O)cc1)NC(=O)c1cc2ccccc2n1C. The van der Waals surface area contributed by atoms with E-state index in [0.717, 1.165) is 21.4 Å². The van der Waals surface area contributed by atoms with Gasteiger partial charge in [-0.05, 0) is 29.8 Å². The molecule has 3 aromatic rings. The van der Waals surface area contributed by atoms with Gasteiger partial charge in [-0.1, -0.05) is 30.3 Å². The molecule has 0 bridgehead atoms. The minimum Gasteiger partial charge on any atom is -0.508 e. The summed E-state index contributed by atoms with van der Waals surface area (Å²) in [6, 6.07) is 14.8. The van der Waals surface area contributed by atoms with Crippen LogP contribution in [0, 0.1) is 11.5 Å². The molecule has 1 heterocycles. The first-order chi connectivity index (χ1) is 13.4. The van der Waals surface area contributed by atoms with Gasteiger partial charge in [-0.15, -0.1) is 0 Å². The van der Waals surface area contributed by atoms with Gasteiger partial charge >= 0.3 is 0 Å².